The molecule has 1 aromatic heterocycles. The third-order valence-electron chi connectivity index (χ3n) is 4.30. The lowest BCUT2D eigenvalue weighted by atomic mass is 10.0. The number of amides is 1. The molecular weight excluding hydrogens is 364 g/mol. The third kappa shape index (κ3) is 4.50. The molecule has 1 atom stereocenters. The summed E-state index contributed by atoms with van der Waals surface area (Å²) in [4.78, 5) is 28.4. The fourth-order valence-corrected chi connectivity index (χ4v) is 4.01. The summed E-state index contributed by atoms with van der Waals surface area (Å²) in [6.07, 6.45) is 0.714. The monoisotopic (exact) mass is 384 g/mol. The summed E-state index contributed by atoms with van der Waals surface area (Å²) in [7, 11) is 0. The highest BCUT2D eigenvalue weighted by Crippen LogP contribution is 2.25. The highest BCUT2D eigenvalue weighted by molar-refractivity contribution is 7.11. The lowest BCUT2D eigenvalue weighted by molar-refractivity contribution is -0.142. The Morgan fingerprint density at radius 1 is 1.19 bits per heavy atom. The normalized spacial score (nSPS) is 12.1. The van der Waals surface area contributed by atoms with Gasteiger partial charge in [-0.25, -0.2) is 9.78 Å². The molecule has 0 aliphatic rings. The molecule has 0 saturated heterocycles. The summed E-state index contributed by atoms with van der Waals surface area (Å²) in [5.74, 6) is -1.71. The van der Waals surface area contributed by atoms with Crippen molar-refractivity contribution in [3.05, 3.63) is 63.6 Å². The van der Waals surface area contributed by atoms with Crippen LogP contribution in [0.1, 0.15) is 21.1 Å². The number of rotatable bonds is 7. The van der Waals surface area contributed by atoms with E-state index in [2.05, 4.69) is 34.6 Å². The number of hydrogen-bond acceptors (Lipinski definition) is 5. The van der Waals surface area contributed by atoms with Crippen molar-refractivity contribution in [1.29, 1.82) is 0 Å². The second kappa shape index (κ2) is 8.28. The maximum absolute atomic E-state index is 12.1. The number of carbonyl (C=O) groups excluding carboxylic acids is 1. The number of carboxylic acid groups (broad SMARTS) is 1. The molecule has 1 amide bonds. The van der Waals surface area contributed by atoms with Crippen molar-refractivity contribution in [3.8, 4) is 0 Å². The van der Waals surface area contributed by atoms with Gasteiger partial charge in [0.15, 0.2) is 0 Å². The second-order valence-electron chi connectivity index (χ2n) is 6.25. The number of carbonyl (C=O) groups is 2. The van der Waals surface area contributed by atoms with Gasteiger partial charge in [0.1, 0.15) is 6.04 Å². The van der Waals surface area contributed by atoms with Crippen LogP contribution in [-0.4, -0.2) is 39.7 Å². The van der Waals surface area contributed by atoms with E-state index in [1.54, 1.807) is 0 Å². The minimum Gasteiger partial charge on any atom is -0.480 e. The summed E-state index contributed by atoms with van der Waals surface area (Å²) < 4.78 is 0. The fraction of sp³-hybridized carbons (Fsp3) is 0.250. The maximum Gasteiger partial charge on any atom is 0.328 e. The minimum absolute atomic E-state index is 0.0445. The first-order valence-corrected chi connectivity index (χ1v) is 9.34. The van der Waals surface area contributed by atoms with Crippen LogP contribution in [0.5, 0.6) is 0 Å². The topological polar surface area (TPSA) is 99.5 Å². The highest BCUT2D eigenvalue weighted by atomic mass is 32.1. The number of carboxylic acids is 1. The Kier molecular flexibility index (Phi) is 5.83. The Hall–Kier alpha value is -2.77. The molecule has 0 aliphatic heterocycles. The Balaban J connectivity index is 1.74. The maximum atomic E-state index is 12.1. The van der Waals surface area contributed by atoms with Gasteiger partial charge in [-0.1, -0.05) is 42.5 Å². The van der Waals surface area contributed by atoms with Crippen LogP contribution in [0.3, 0.4) is 0 Å². The molecule has 140 valence electrons. The van der Waals surface area contributed by atoms with Crippen LogP contribution in [0.4, 0.5) is 0 Å². The molecule has 1 unspecified atom stereocenters. The molecular formula is C20H20N2O4S. The molecule has 0 radical (unpaired) electrons. The van der Waals surface area contributed by atoms with Gasteiger partial charge in [0.05, 0.1) is 23.7 Å². The number of aryl methyl sites for hydroxylation is 1. The first kappa shape index (κ1) is 19.0. The SMILES string of the molecule is Cc1nc(Cc2cccc3ccccc23)sc1CC(=O)NC(CO)C(=O)O. The van der Waals surface area contributed by atoms with Crippen molar-refractivity contribution in [1.82, 2.24) is 10.3 Å². The van der Waals surface area contributed by atoms with E-state index in [-0.39, 0.29) is 6.42 Å². The van der Waals surface area contributed by atoms with Crippen LogP contribution < -0.4 is 5.32 Å². The number of benzene rings is 2. The molecule has 0 fully saturated rings. The zero-order valence-corrected chi connectivity index (χ0v) is 15.6. The molecule has 0 bridgehead atoms. The van der Waals surface area contributed by atoms with Gasteiger partial charge >= 0.3 is 5.97 Å². The van der Waals surface area contributed by atoms with Crippen LogP contribution in [0.25, 0.3) is 10.8 Å². The van der Waals surface area contributed by atoms with Crippen LogP contribution >= 0.6 is 11.3 Å². The van der Waals surface area contributed by atoms with Crippen LogP contribution in [-0.2, 0) is 22.4 Å². The summed E-state index contributed by atoms with van der Waals surface area (Å²) in [6.45, 7) is 1.20. The molecule has 0 aliphatic carbocycles. The first-order chi connectivity index (χ1) is 13.0. The predicted molar refractivity (Wildman–Crippen MR) is 104 cm³/mol. The van der Waals surface area contributed by atoms with Gasteiger partial charge in [-0.05, 0) is 23.3 Å². The van der Waals surface area contributed by atoms with Crippen molar-refractivity contribution in [3.63, 3.8) is 0 Å². The van der Waals surface area contributed by atoms with Crippen molar-refractivity contribution in [2.45, 2.75) is 25.8 Å². The molecule has 1 heterocycles. The average molecular weight is 384 g/mol. The number of aliphatic carboxylic acids is 1. The van der Waals surface area contributed by atoms with E-state index >= 15 is 0 Å². The van der Waals surface area contributed by atoms with E-state index in [0.717, 1.165) is 15.6 Å². The molecule has 3 N–H and O–H groups in total. The van der Waals surface area contributed by atoms with Gasteiger partial charge in [0, 0.05) is 11.3 Å². The van der Waals surface area contributed by atoms with Crippen molar-refractivity contribution >= 4 is 34.0 Å². The smallest absolute Gasteiger partial charge is 0.328 e. The highest BCUT2D eigenvalue weighted by Gasteiger charge is 2.20. The van der Waals surface area contributed by atoms with E-state index in [4.69, 9.17) is 10.2 Å². The summed E-state index contributed by atoms with van der Waals surface area (Å²) in [5, 5.41) is 23.5. The van der Waals surface area contributed by atoms with Crippen LogP contribution in [0.15, 0.2) is 42.5 Å². The molecule has 3 aromatic rings. The Labute approximate surface area is 160 Å². The lowest BCUT2D eigenvalue weighted by Gasteiger charge is -2.10. The van der Waals surface area contributed by atoms with Crippen LogP contribution in [0.2, 0.25) is 0 Å². The predicted octanol–water partition coefficient (Wildman–Crippen LogP) is 2.30. The van der Waals surface area contributed by atoms with Gasteiger partial charge < -0.3 is 15.5 Å². The summed E-state index contributed by atoms with van der Waals surface area (Å²) >= 11 is 1.45. The number of fused-ring (bicyclic) bond motifs is 1. The van der Waals surface area contributed by atoms with Crippen molar-refractivity contribution < 1.29 is 19.8 Å². The molecule has 7 heteroatoms. The van der Waals surface area contributed by atoms with E-state index in [0.29, 0.717) is 6.42 Å². The molecule has 6 nitrogen and oxygen atoms in total. The summed E-state index contributed by atoms with van der Waals surface area (Å²) in [6, 6.07) is 13.0. The molecule has 27 heavy (non-hydrogen) atoms. The molecule has 0 saturated carbocycles. The van der Waals surface area contributed by atoms with Gasteiger partial charge in [-0.2, -0.15) is 0 Å². The number of thiazole rings is 1. The quantitative estimate of drug-likeness (QED) is 0.580. The Bertz CT molecular complexity index is 978. The number of nitrogens with zero attached hydrogens (tertiary/aromatic N) is 1. The standard InChI is InChI=1S/C20H20N2O4S/c1-12-17(10-18(24)22-16(11-23)20(25)26)27-19(21-12)9-14-7-4-6-13-5-2-3-8-15(13)14/h2-8,16,23H,9-11H2,1H3,(H,22,24)(H,25,26). The van der Waals surface area contributed by atoms with Crippen molar-refractivity contribution in [2.24, 2.45) is 0 Å². The van der Waals surface area contributed by atoms with Gasteiger partial charge in [-0.15, -0.1) is 11.3 Å². The Morgan fingerprint density at radius 3 is 2.67 bits per heavy atom. The number of aliphatic hydroxyl groups excluding tert-OH is 1. The first-order valence-electron chi connectivity index (χ1n) is 8.52. The van der Waals surface area contributed by atoms with E-state index in [1.165, 1.54) is 27.7 Å². The Morgan fingerprint density at radius 2 is 1.93 bits per heavy atom. The van der Waals surface area contributed by atoms with E-state index in [1.807, 2.05) is 25.1 Å². The largest absolute Gasteiger partial charge is 0.480 e. The summed E-state index contributed by atoms with van der Waals surface area (Å²) in [5.41, 5.74) is 1.94. The van der Waals surface area contributed by atoms with E-state index < -0.39 is 24.5 Å². The zero-order valence-electron chi connectivity index (χ0n) is 14.8. The minimum atomic E-state index is -1.29. The second-order valence-corrected chi connectivity index (χ2v) is 7.42. The van der Waals surface area contributed by atoms with Gasteiger partial charge in [-0.3, -0.25) is 4.79 Å². The number of aromatic nitrogens is 1. The average Bonchev–Trinajstić information content (AvgIpc) is 2.98. The van der Waals surface area contributed by atoms with Crippen molar-refractivity contribution in [2.75, 3.05) is 6.61 Å². The molecule has 0 spiro atoms. The van der Waals surface area contributed by atoms with E-state index in [9.17, 15) is 9.59 Å². The zero-order chi connectivity index (χ0) is 19.4. The lowest BCUT2D eigenvalue weighted by Crippen LogP contribution is -2.43. The number of hydrogen-bond donors (Lipinski definition) is 3. The van der Waals surface area contributed by atoms with Gasteiger partial charge in [0.25, 0.3) is 0 Å². The molecule has 2 aromatic carbocycles. The fourth-order valence-electron chi connectivity index (χ4n) is 2.91. The molecule has 3 rings (SSSR count). The number of nitrogens with one attached hydrogen (secondary N) is 1. The van der Waals surface area contributed by atoms with Crippen LogP contribution in [0, 0.1) is 6.92 Å². The van der Waals surface area contributed by atoms with Gasteiger partial charge in [0.2, 0.25) is 5.91 Å². The third-order valence-corrected chi connectivity index (χ3v) is 5.45. The number of aliphatic hydroxyl groups is 1.